The maximum absolute atomic E-state index is 11.9. The maximum Gasteiger partial charge on any atom is 0.306 e. The van der Waals surface area contributed by atoms with E-state index in [1.807, 2.05) is 36.4 Å². The molecule has 0 aliphatic carbocycles. The Bertz CT molecular complexity index is 907. The Labute approximate surface area is 146 Å². The molecule has 2 aromatic carbocycles. The van der Waals surface area contributed by atoms with Crippen LogP contribution in [0.3, 0.4) is 0 Å². The second-order valence-electron chi connectivity index (χ2n) is 6.24. The molecule has 3 rings (SSSR count). The summed E-state index contributed by atoms with van der Waals surface area (Å²) in [5, 5.41) is 4.75. The molecule has 0 unspecified atom stereocenters. The van der Waals surface area contributed by atoms with Crippen molar-refractivity contribution in [2.24, 2.45) is 5.92 Å². The minimum Gasteiger partial charge on any atom is -0.456 e. The van der Waals surface area contributed by atoms with Crippen molar-refractivity contribution in [3.8, 4) is 0 Å². The van der Waals surface area contributed by atoms with Gasteiger partial charge in [0.15, 0.2) is 16.4 Å². The molecule has 1 heterocycles. The monoisotopic (exact) mass is 361 g/mol. The van der Waals surface area contributed by atoms with Crippen LogP contribution in [0, 0.1) is 5.92 Å². The van der Waals surface area contributed by atoms with Crippen molar-refractivity contribution < 1.29 is 22.7 Å². The molecule has 0 aromatic heterocycles. The van der Waals surface area contributed by atoms with Crippen molar-refractivity contribution in [1.29, 1.82) is 0 Å². The number of carbonyl (C=O) groups is 2. The Morgan fingerprint density at radius 1 is 1.12 bits per heavy atom. The van der Waals surface area contributed by atoms with E-state index in [1.165, 1.54) is 0 Å². The van der Waals surface area contributed by atoms with Gasteiger partial charge in [-0.25, -0.2) is 8.42 Å². The van der Waals surface area contributed by atoms with Crippen molar-refractivity contribution in [3.05, 3.63) is 42.5 Å². The summed E-state index contributed by atoms with van der Waals surface area (Å²) in [6.07, 6.45) is 0.503. The van der Waals surface area contributed by atoms with Gasteiger partial charge in [-0.3, -0.25) is 9.59 Å². The normalized spacial score (nSPS) is 18.8. The fourth-order valence-electron chi connectivity index (χ4n) is 2.94. The van der Waals surface area contributed by atoms with E-state index in [1.54, 1.807) is 6.07 Å². The molecule has 7 heteroatoms. The average molecular weight is 361 g/mol. The fourth-order valence-corrected chi connectivity index (χ4v) is 4.80. The summed E-state index contributed by atoms with van der Waals surface area (Å²) in [4.78, 5) is 23.7. The molecule has 1 saturated heterocycles. The van der Waals surface area contributed by atoms with E-state index >= 15 is 0 Å². The lowest BCUT2D eigenvalue weighted by Crippen LogP contribution is -2.22. The van der Waals surface area contributed by atoms with Gasteiger partial charge >= 0.3 is 5.97 Å². The zero-order valence-electron chi connectivity index (χ0n) is 13.6. The highest BCUT2D eigenvalue weighted by Gasteiger charge is 2.29. The largest absolute Gasteiger partial charge is 0.456 e. The molecule has 0 bridgehead atoms. The molecular formula is C18H19NO5S. The Hall–Kier alpha value is -2.41. The van der Waals surface area contributed by atoms with E-state index in [9.17, 15) is 18.0 Å². The second kappa shape index (κ2) is 7.23. The predicted octanol–water partition coefficient (Wildman–Crippen LogP) is 2.15. The van der Waals surface area contributed by atoms with Crippen LogP contribution in [0.5, 0.6) is 0 Å². The highest BCUT2D eigenvalue weighted by Crippen LogP contribution is 2.22. The molecule has 1 aliphatic rings. The van der Waals surface area contributed by atoms with Gasteiger partial charge in [0.1, 0.15) is 0 Å². The van der Waals surface area contributed by atoms with Gasteiger partial charge in [-0.05, 0) is 35.2 Å². The number of amides is 1. The molecule has 0 spiro atoms. The minimum absolute atomic E-state index is 0.0192. The van der Waals surface area contributed by atoms with E-state index in [0.717, 1.165) is 10.8 Å². The smallest absolute Gasteiger partial charge is 0.306 e. The molecule has 1 aliphatic heterocycles. The Morgan fingerprint density at radius 3 is 2.60 bits per heavy atom. The number of carbonyl (C=O) groups excluding carboxylic acids is 2. The lowest BCUT2D eigenvalue weighted by atomic mass is 10.1. The summed E-state index contributed by atoms with van der Waals surface area (Å²) in [6.45, 7) is -0.384. The lowest BCUT2D eigenvalue weighted by Gasteiger charge is -2.09. The van der Waals surface area contributed by atoms with Crippen molar-refractivity contribution in [2.75, 3.05) is 23.4 Å². The van der Waals surface area contributed by atoms with Crippen LogP contribution in [0.1, 0.15) is 12.8 Å². The number of sulfone groups is 1. The van der Waals surface area contributed by atoms with Crippen LogP contribution in [-0.2, 0) is 24.2 Å². The molecule has 0 radical (unpaired) electrons. The quantitative estimate of drug-likeness (QED) is 0.824. The third kappa shape index (κ3) is 4.79. The fraction of sp³-hybridized carbons (Fsp3) is 0.333. The summed E-state index contributed by atoms with van der Waals surface area (Å²) >= 11 is 0. The molecule has 6 nitrogen and oxygen atoms in total. The van der Waals surface area contributed by atoms with Gasteiger partial charge in [0, 0.05) is 12.1 Å². The van der Waals surface area contributed by atoms with Gasteiger partial charge < -0.3 is 10.1 Å². The van der Waals surface area contributed by atoms with Crippen molar-refractivity contribution >= 4 is 38.2 Å². The first-order valence-corrected chi connectivity index (χ1v) is 9.88. The standard InChI is InChI=1S/C18H19NO5S/c20-17(11-24-18(21)9-13-7-8-25(22,23)12-13)19-16-6-5-14-3-1-2-4-15(14)10-16/h1-6,10,13H,7-9,11-12H2,(H,19,20)/t13-/m0/s1. The van der Waals surface area contributed by atoms with Crippen LogP contribution in [0.25, 0.3) is 10.8 Å². The number of fused-ring (bicyclic) bond motifs is 1. The van der Waals surface area contributed by atoms with Crippen LogP contribution in [0.2, 0.25) is 0 Å². The number of esters is 1. The molecular weight excluding hydrogens is 342 g/mol. The first-order valence-electron chi connectivity index (χ1n) is 8.06. The van der Waals surface area contributed by atoms with Gasteiger partial charge in [0.2, 0.25) is 0 Å². The summed E-state index contributed by atoms with van der Waals surface area (Å²) in [5.41, 5.74) is 0.627. The topological polar surface area (TPSA) is 89.5 Å². The minimum atomic E-state index is -3.02. The summed E-state index contributed by atoms with van der Waals surface area (Å²) in [5.74, 6) is -1.04. The highest BCUT2D eigenvalue weighted by atomic mass is 32.2. The number of anilines is 1. The zero-order chi connectivity index (χ0) is 17.9. The van der Waals surface area contributed by atoms with Crippen molar-refractivity contribution in [2.45, 2.75) is 12.8 Å². The Morgan fingerprint density at radius 2 is 1.88 bits per heavy atom. The van der Waals surface area contributed by atoms with Crippen LogP contribution < -0.4 is 5.32 Å². The molecule has 2 aromatic rings. The molecule has 132 valence electrons. The second-order valence-corrected chi connectivity index (χ2v) is 8.47. The third-order valence-electron chi connectivity index (χ3n) is 4.18. The number of nitrogens with one attached hydrogen (secondary N) is 1. The summed E-state index contributed by atoms with van der Waals surface area (Å²) in [6, 6.07) is 13.3. The highest BCUT2D eigenvalue weighted by molar-refractivity contribution is 7.91. The average Bonchev–Trinajstić information content (AvgIpc) is 2.91. The molecule has 0 saturated carbocycles. The van der Waals surface area contributed by atoms with E-state index < -0.39 is 21.7 Å². The van der Waals surface area contributed by atoms with E-state index in [2.05, 4.69) is 5.32 Å². The van der Waals surface area contributed by atoms with Crippen LogP contribution in [0.4, 0.5) is 5.69 Å². The Balaban J connectivity index is 1.48. The molecule has 1 fully saturated rings. The number of benzene rings is 2. The summed E-state index contributed by atoms with van der Waals surface area (Å²) < 4.78 is 27.7. The number of rotatable bonds is 5. The van der Waals surface area contributed by atoms with Gasteiger partial charge in [0.05, 0.1) is 11.5 Å². The summed E-state index contributed by atoms with van der Waals surface area (Å²) in [7, 11) is -3.02. The zero-order valence-corrected chi connectivity index (χ0v) is 14.4. The van der Waals surface area contributed by atoms with Gasteiger partial charge in [-0.15, -0.1) is 0 Å². The maximum atomic E-state index is 11.9. The van der Waals surface area contributed by atoms with Crippen molar-refractivity contribution in [3.63, 3.8) is 0 Å². The van der Waals surface area contributed by atoms with Gasteiger partial charge in [0.25, 0.3) is 5.91 Å². The first kappa shape index (κ1) is 17.4. The predicted molar refractivity (Wildman–Crippen MR) is 94.9 cm³/mol. The Kier molecular flexibility index (Phi) is 5.03. The van der Waals surface area contributed by atoms with Crippen LogP contribution in [-0.4, -0.2) is 38.4 Å². The molecule has 1 N–H and O–H groups in total. The molecule has 1 amide bonds. The first-order chi connectivity index (χ1) is 11.9. The number of ether oxygens (including phenoxy) is 1. The van der Waals surface area contributed by atoms with E-state index in [0.29, 0.717) is 12.1 Å². The SMILES string of the molecule is O=C(COC(=O)C[C@@H]1CCS(=O)(=O)C1)Nc1ccc2ccccc2c1. The van der Waals surface area contributed by atoms with Gasteiger partial charge in [-0.1, -0.05) is 30.3 Å². The third-order valence-corrected chi connectivity index (χ3v) is 6.02. The number of hydrogen-bond acceptors (Lipinski definition) is 5. The van der Waals surface area contributed by atoms with Crippen LogP contribution >= 0.6 is 0 Å². The molecule has 25 heavy (non-hydrogen) atoms. The number of hydrogen-bond donors (Lipinski definition) is 1. The molecule has 1 atom stereocenters. The van der Waals surface area contributed by atoms with Gasteiger partial charge in [-0.2, -0.15) is 0 Å². The van der Waals surface area contributed by atoms with E-state index in [4.69, 9.17) is 4.74 Å². The lowest BCUT2D eigenvalue weighted by molar-refractivity contribution is -0.148. The van der Waals surface area contributed by atoms with E-state index in [-0.39, 0.29) is 30.5 Å². The van der Waals surface area contributed by atoms with Crippen LogP contribution in [0.15, 0.2) is 42.5 Å². The van der Waals surface area contributed by atoms with Crippen molar-refractivity contribution in [1.82, 2.24) is 0 Å².